The van der Waals surface area contributed by atoms with E-state index in [1.54, 1.807) is 12.1 Å². The summed E-state index contributed by atoms with van der Waals surface area (Å²) >= 11 is 9.46. The summed E-state index contributed by atoms with van der Waals surface area (Å²) in [5, 5.41) is 3.69. The number of hydrogen-bond acceptors (Lipinski definition) is 2. The van der Waals surface area contributed by atoms with E-state index in [4.69, 9.17) is 16.3 Å². The van der Waals surface area contributed by atoms with Crippen molar-refractivity contribution in [1.29, 1.82) is 0 Å². The number of nitrogens with one attached hydrogen (secondary N) is 1. The molecule has 1 amide bonds. The van der Waals surface area contributed by atoms with Crippen LogP contribution in [0.15, 0.2) is 22.7 Å². The minimum absolute atomic E-state index is 0.000965. The van der Waals surface area contributed by atoms with Crippen molar-refractivity contribution in [2.24, 2.45) is 16.7 Å². The minimum atomic E-state index is -0.0708. The van der Waals surface area contributed by atoms with Gasteiger partial charge >= 0.3 is 0 Å². The molecule has 0 spiro atoms. The molecular formula is C18H23BrClNO2. The molecular weight excluding hydrogens is 378 g/mol. The molecule has 0 saturated heterocycles. The SMILES string of the molecule is CC1(C)[C@@H]2CC[C@@]1(C)[C@@H](NC(=O)COc1ccc(Br)cc1Cl)C2. The van der Waals surface area contributed by atoms with Gasteiger partial charge in [0.15, 0.2) is 6.61 Å². The maximum atomic E-state index is 12.3. The maximum absolute atomic E-state index is 12.3. The van der Waals surface area contributed by atoms with Crippen LogP contribution < -0.4 is 10.1 Å². The quantitative estimate of drug-likeness (QED) is 0.787. The molecule has 2 saturated carbocycles. The number of ether oxygens (including phenoxy) is 1. The highest BCUT2D eigenvalue weighted by Crippen LogP contribution is 2.65. The summed E-state index contributed by atoms with van der Waals surface area (Å²) in [7, 11) is 0. The van der Waals surface area contributed by atoms with E-state index in [-0.39, 0.29) is 24.0 Å². The molecule has 0 aromatic heterocycles. The van der Waals surface area contributed by atoms with Crippen molar-refractivity contribution in [2.75, 3.05) is 6.61 Å². The third kappa shape index (κ3) is 2.89. The predicted molar refractivity (Wildman–Crippen MR) is 95.8 cm³/mol. The smallest absolute Gasteiger partial charge is 0.258 e. The van der Waals surface area contributed by atoms with Crippen LogP contribution in [0.25, 0.3) is 0 Å². The average molecular weight is 401 g/mol. The summed E-state index contributed by atoms with van der Waals surface area (Å²) < 4.78 is 6.45. The highest BCUT2D eigenvalue weighted by atomic mass is 79.9. The zero-order valence-electron chi connectivity index (χ0n) is 13.8. The molecule has 2 fully saturated rings. The van der Waals surface area contributed by atoms with Gasteiger partial charge in [0.1, 0.15) is 5.75 Å². The van der Waals surface area contributed by atoms with Crippen LogP contribution in [-0.4, -0.2) is 18.6 Å². The van der Waals surface area contributed by atoms with Crippen LogP contribution in [-0.2, 0) is 4.79 Å². The zero-order chi connectivity index (χ0) is 16.8. The molecule has 2 bridgehead atoms. The molecule has 23 heavy (non-hydrogen) atoms. The lowest BCUT2D eigenvalue weighted by Gasteiger charge is -2.39. The first-order chi connectivity index (χ1) is 10.7. The van der Waals surface area contributed by atoms with Gasteiger partial charge in [0.2, 0.25) is 0 Å². The third-order valence-electron chi connectivity index (χ3n) is 6.38. The van der Waals surface area contributed by atoms with Crippen molar-refractivity contribution in [2.45, 2.75) is 46.1 Å². The lowest BCUT2D eigenvalue weighted by Crippen LogP contribution is -2.48. The Labute approximate surface area is 151 Å². The lowest BCUT2D eigenvalue weighted by atomic mass is 9.69. The summed E-state index contributed by atoms with van der Waals surface area (Å²) in [4.78, 5) is 12.3. The van der Waals surface area contributed by atoms with E-state index >= 15 is 0 Å². The fraction of sp³-hybridized carbons (Fsp3) is 0.611. The van der Waals surface area contributed by atoms with Crippen molar-refractivity contribution < 1.29 is 9.53 Å². The Balaban J connectivity index is 1.58. The van der Waals surface area contributed by atoms with Gasteiger partial charge in [-0.15, -0.1) is 0 Å². The lowest BCUT2D eigenvalue weighted by molar-refractivity contribution is -0.124. The largest absolute Gasteiger partial charge is 0.482 e. The molecule has 2 aliphatic rings. The van der Waals surface area contributed by atoms with Gasteiger partial charge in [-0.25, -0.2) is 0 Å². The van der Waals surface area contributed by atoms with Crippen LogP contribution in [0, 0.1) is 16.7 Å². The van der Waals surface area contributed by atoms with E-state index in [1.807, 2.05) is 6.07 Å². The summed E-state index contributed by atoms with van der Waals surface area (Å²) in [6, 6.07) is 5.61. The van der Waals surface area contributed by atoms with E-state index in [9.17, 15) is 4.79 Å². The van der Waals surface area contributed by atoms with Crippen LogP contribution in [0.4, 0.5) is 0 Å². The Bertz CT molecular complexity index is 633. The molecule has 126 valence electrons. The molecule has 0 unspecified atom stereocenters. The van der Waals surface area contributed by atoms with Crippen LogP contribution in [0.3, 0.4) is 0 Å². The average Bonchev–Trinajstić information content (AvgIpc) is 2.79. The Hall–Kier alpha value is -0.740. The van der Waals surface area contributed by atoms with Crippen molar-refractivity contribution in [1.82, 2.24) is 5.32 Å². The van der Waals surface area contributed by atoms with Crippen LogP contribution in [0.5, 0.6) is 5.75 Å². The van der Waals surface area contributed by atoms with E-state index in [0.29, 0.717) is 22.1 Å². The third-order valence-corrected chi connectivity index (χ3v) is 7.17. The number of benzene rings is 1. The van der Waals surface area contributed by atoms with Gasteiger partial charge in [-0.05, 0) is 54.2 Å². The summed E-state index contributed by atoms with van der Waals surface area (Å²) in [5.74, 6) is 1.17. The van der Waals surface area contributed by atoms with Gasteiger partial charge in [0.25, 0.3) is 5.91 Å². The van der Waals surface area contributed by atoms with Gasteiger partial charge in [-0.3, -0.25) is 4.79 Å². The van der Waals surface area contributed by atoms with Gasteiger partial charge in [0.05, 0.1) is 5.02 Å². The van der Waals surface area contributed by atoms with Crippen molar-refractivity contribution in [3.8, 4) is 5.75 Å². The van der Waals surface area contributed by atoms with Crippen LogP contribution >= 0.6 is 27.5 Å². The topological polar surface area (TPSA) is 38.3 Å². The fourth-order valence-electron chi connectivity index (χ4n) is 4.39. The standard InChI is InChI=1S/C18H23BrClNO2/c1-17(2)11-6-7-18(17,3)15(8-11)21-16(22)10-23-14-5-4-12(19)9-13(14)20/h4-5,9,11,15H,6-8,10H2,1-3H3,(H,21,22)/t11-,15+,18+/m1/s1. The molecule has 0 radical (unpaired) electrons. The monoisotopic (exact) mass is 399 g/mol. The Morgan fingerprint density at radius 2 is 2.17 bits per heavy atom. The zero-order valence-corrected chi connectivity index (χ0v) is 16.1. The highest BCUT2D eigenvalue weighted by molar-refractivity contribution is 9.10. The van der Waals surface area contributed by atoms with Gasteiger partial charge < -0.3 is 10.1 Å². The number of carbonyl (C=O) groups is 1. The van der Waals surface area contributed by atoms with E-state index in [1.165, 1.54) is 12.8 Å². The molecule has 1 aromatic rings. The molecule has 2 aliphatic carbocycles. The molecule has 3 atom stereocenters. The number of amides is 1. The van der Waals surface area contributed by atoms with Crippen LogP contribution in [0.2, 0.25) is 5.02 Å². The number of fused-ring (bicyclic) bond motifs is 2. The van der Waals surface area contributed by atoms with Gasteiger partial charge in [-0.2, -0.15) is 0 Å². The van der Waals surface area contributed by atoms with Gasteiger partial charge in [-0.1, -0.05) is 48.3 Å². The molecule has 5 heteroatoms. The Morgan fingerprint density at radius 1 is 1.43 bits per heavy atom. The second kappa shape index (κ2) is 5.96. The minimum Gasteiger partial charge on any atom is -0.482 e. The molecule has 0 aliphatic heterocycles. The van der Waals surface area contributed by atoms with Crippen molar-refractivity contribution >= 4 is 33.4 Å². The van der Waals surface area contributed by atoms with Crippen molar-refractivity contribution in [3.63, 3.8) is 0 Å². The normalized spacial score (nSPS) is 31.2. The summed E-state index contributed by atoms with van der Waals surface area (Å²) in [5.41, 5.74) is 0.476. The van der Waals surface area contributed by atoms with E-state index in [0.717, 1.165) is 10.9 Å². The number of halogens is 2. The van der Waals surface area contributed by atoms with Gasteiger partial charge in [0, 0.05) is 10.5 Å². The van der Waals surface area contributed by atoms with Crippen molar-refractivity contribution in [3.05, 3.63) is 27.7 Å². The first-order valence-electron chi connectivity index (χ1n) is 8.11. The molecule has 0 heterocycles. The fourth-order valence-corrected chi connectivity index (χ4v) is 5.12. The number of hydrogen-bond donors (Lipinski definition) is 1. The molecule has 1 aromatic carbocycles. The Morgan fingerprint density at radius 3 is 2.74 bits per heavy atom. The molecule has 3 rings (SSSR count). The second-order valence-electron chi connectivity index (χ2n) is 7.59. The first kappa shape index (κ1) is 17.1. The molecule has 1 N–H and O–H groups in total. The van der Waals surface area contributed by atoms with E-state index < -0.39 is 0 Å². The van der Waals surface area contributed by atoms with E-state index in [2.05, 4.69) is 42.0 Å². The number of rotatable bonds is 4. The summed E-state index contributed by atoms with van der Waals surface area (Å²) in [6.45, 7) is 7.00. The maximum Gasteiger partial charge on any atom is 0.258 e. The Kier molecular flexibility index (Phi) is 4.43. The number of carbonyl (C=O) groups excluding carboxylic acids is 1. The summed E-state index contributed by atoms with van der Waals surface area (Å²) in [6.07, 6.45) is 3.55. The molecule has 3 nitrogen and oxygen atoms in total. The predicted octanol–water partition coefficient (Wildman–Crippen LogP) is 4.81. The van der Waals surface area contributed by atoms with Crippen LogP contribution in [0.1, 0.15) is 40.0 Å². The highest BCUT2D eigenvalue weighted by Gasteiger charge is 2.61. The first-order valence-corrected chi connectivity index (χ1v) is 9.28. The second-order valence-corrected chi connectivity index (χ2v) is 8.92.